The first-order valence-corrected chi connectivity index (χ1v) is 8.24. The van der Waals surface area contributed by atoms with Gasteiger partial charge in [-0.2, -0.15) is 24.5 Å². The molecule has 0 saturated carbocycles. The van der Waals surface area contributed by atoms with Crippen LogP contribution in [-0.4, -0.2) is 16.6 Å². The second-order valence-corrected chi connectivity index (χ2v) is 6.18. The highest BCUT2D eigenvalue weighted by molar-refractivity contribution is 7.96. The molecule has 0 aliphatic rings. The number of hydrogen-bond donors (Lipinski definition) is 3. The van der Waals surface area contributed by atoms with Crippen molar-refractivity contribution in [2.75, 3.05) is 5.32 Å². The third kappa shape index (κ3) is 5.01. The molecule has 2 rings (SSSR count). The van der Waals surface area contributed by atoms with Crippen molar-refractivity contribution in [2.45, 2.75) is 11.9 Å². The molecule has 0 amide bonds. The van der Waals surface area contributed by atoms with Crippen LogP contribution in [0.3, 0.4) is 0 Å². The van der Waals surface area contributed by atoms with E-state index in [1.807, 2.05) is 0 Å². The SMILES string of the molecule is O=C(O)c1cc(Cl)ccc1NC=[SH]Cc1ccc(C(F)(F)F)cc1. The molecule has 3 nitrogen and oxygen atoms in total. The third-order valence-electron chi connectivity index (χ3n) is 3.08. The summed E-state index contributed by atoms with van der Waals surface area (Å²) >= 11 is 6.54. The zero-order valence-electron chi connectivity index (χ0n) is 12.1. The van der Waals surface area contributed by atoms with E-state index in [1.165, 1.54) is 18.2 Å². The number of carbonyl (C=O) groups is 1. The van der Waals surface area contributed by atoms with Gasteiger partial charge in [0.15, 0.2) is 0 Å². The van der Waals surface area contributed by atoms with E-state index >= 15 is 0 Å². The number of hydrogen-bond acceptors (Lipinski definition) is 1. The quantitative estimate of drug-likeness (QED) is 0.515. The molecule has 2 aromatic carbocycles. The molecule has 24 heavy (non-hydrogen) atoms. The van der Waals surface area contributed by atoms with Gasteiger partial charge in [-0.1, -0.05) is 23.7 Å². The van der Waals surface area contributed by atoms with Gasteiger partial charge in [0.05, 0.1) is 16.8 Å². The zero-order valence-corrected chi connectivity index (χ0v) is 13.8. The number of thiol groups is 1. The number of nitrogens with one attached hydrogen (secondary N) is 1. The fourth-order valence-electron chi connectivity index (χ4n) is 1.88. The van der Waals surface area contributed by atoms with Crippen LogP contribution in [0.1, 0.15) is 21.5 Å². The maximum Gasteiger partial charge on any atom is 0.416 e. The van der Waals surface area contributed by atoms with Gasteiger partial charge in [-0.15, -0.1) is 0 Å². The molecule has 0 bridgehead atoms. The number of anilines is 1. The summed E-state index contributed by atoms with van der Waals surface area (Å²) in [6, 6.07) is 9.39. The van der Waals surface area contributed by atoms with Crippen LogP contribution in [0.2, 0.25) is 5.02 Å². The number of rotatable bonds is 5. The van der Waals surface area contributed by atoms with Crippen molar-refractivity contribution in [2.24, 2.45) is 0 Å². The van der Waals surface area contributed by atoms with E-state index in [1.54, 1.807) is 17.6 Å². The molecule has 0 fully saturated rings. The molecule has 2 aromatic rings. The van der Waals surface area contributed by atoms with Crippen LogP contribution in [0.15, 0.2) is 42.5 Å². The second kappa shape index (κ2) is 7.72. The van der Waals surface area contributed by atoms with Crippen LogP contribution in [0, 0.1) is 0 Å². The summed E-state index contributed by atoms with van der Waals surface area (Å²) < 4.78 is 37.4. The van der Waals surface area contributed by atoms with Gasteiger partial charge < -0.3 is 10.4 Å². The Morgan fingerprint density at radius 2 is 1.88 bits per heavy atom. The van der Waals surface area contributed by atoms with Gasteiger partial charge in [-0.3, -0.25) is 0 Å². The Kier molecular flexibility index (Phi) is 5.90. The molecule has 0 unspecified atom stereocenters. The maximum atomic E-state index is 12.5. The first-order chi connectivity index (χ1) is 11.3. The van der Waals surface area contributed by atoms with Gasteiger partial charge in [0, 0.05) is 16.3 Å². The predicted octanol–water partition coefficient (Wildman–Crippen LogP) is 4.89. The number of halogens is 4. The van der Waals surface area contributed by atoms with E-state index in [-0.39, 0.29) is 5.56 Å². The fraction of sp³-hybridized carbons (Fsp3) is 0.125. The smallest absolute Gasteiger partial charge is 0.416 e. The van der Waals surface area contributed by atoms with E-state index in [0.29, 0.717) is 16.5 Å². The Labute approximate surface area is 145 Å². The average Bonchev–Trinajstić information content (AvgIpc) is 2.52. The van der Waals surface area contributed by atoms with Gasteiger partial charge in [0.1, 0.15) is 0 Å². The lowest BCUT2D eigenvalue weighted by atomic mass is 10.1. The van der Waals surface area contributed by atoms with Crippen LogP contribution in [0.25, 0.3) is 0 Å². The summed E-state index contributed by atoms with van der Waals surface area (Å²) in [4.78, 5) is 11.1. The molecule has 0 aromatic heterocycles. The summed E-state index contributed by atoms with van der Waals surface area (Å²) in [5, 5.41) is 12.3. The maximum absolute atomic E-state index is 12.5. The Hall–Kier alpha value is -1.99. The fourth-order valence-corrected chi connectivity index (χ4v) is 2.80. The molecule has 0 atom stereocenters. The Balaban J connectivity index is 1.99. The van der Waals surface area contributed by atoms with E-state index in [9.17, 15) is 18.0 Å². The molecule has 0 spiro atoms. The highest BCUT2D eigenvalue weighted by Gasteiger charge is 2.29. The van der Waals surface area contributed by atoms with Crippen LogP contribution in [0.4, 0.5) is 18.9 Å². The minimum Gasteiger partial charge on any atom is -0.478 e. The van der Waals surface area contributed by atoms with Crippen LogP contribution in [-0.2, 0) is 11.9 Å². The molecule has 0 aliphatic carbocycles. The highest BCUT2D eigenvalue weighted by Crippen LogP contribution is 2.29. The Morgan fingerprint density at radius 1 is 1.21 bits per heavy atom. The second-order valence-electron chi connectivity index (χ2n) is 4.80. The number of benzene rings is 2. The lowest BCUT2D eigenvalue weighted by molar-refractivity contribution is -0.137. The third-order valence-corrected chi connectivity index (χ3v) is 4.17. The molecule has 8 heteroatoms. The first kappa shape index (κ1) is 18.4. The van der Waals surface area contributed by atoms with Gasteiger partial charge in [0.25, 0.3) is 0 Å². The van der Waals surface area contributed by atoms with Crippen molar-refractivity contribution < 1.29 is 23.1 Å². The first-order valence-electron chi connectivity index (χ1n) is 6.71. The lowest BCUT2D eigenvalue weighted by Gasteiger charge is -2.07. The van der Waals surface area contributed by atoms with Gasteiger partial charge in [-0.05, 0) is 35.9 Å². The van der Waals surface area contributed by atoms with E-state index in [0.717, 1.165) is 29.0 Å². The van der Waals surface area contributed by atoms with Crippen molar-refractivity contribution in [1.82, 2.24) is 0 Å². The topological polar surface area (TPSA) is 49.3 Å². The summed E-state index contributed by atoms with van der Waals surface area (Å²) in [6.07, 6.45) is -4.34. The average molecular weight is 376 g/mol. The summed E-state index contributed by atoms with van der Waals surface area (Å²) in [5.41, 5.74) is 2.14. The highest BCUT2D eigenvalue weighted by atomic mass is 35.5. The van der Waals surface area contributed by atoms with Gasteiger partial charge >= 0.3 is 12.1 Å². The van der Waals surface area contributed by atoms with Crippen LogP contribution in [0.5, 0.6) is 0 Å². The monoisotopic (exact) mass is 375 g/mol. The molecular formula is C16H13ClF3NO2S. The summed E-state index contributed by atoms with van der Waals surface area (Å²) in [7, 11) is 0. The molecular weight excluding hydrogens is 363 g/mol. The van der Waals surface area contributed by atoms with Gasteiger partial charge in [0.2, 0.25) is 0 Å². The summed E-state index contributed by atoms with van der Waals surface area (Å²) in [5.74, 6) is -0.603. The van der Waals surface area contributed by atoms with Crippen molar-refractivity contribution in [3.05, 3.63) is 64.2 Å². The normalized spacial score (nSPS) is 12.0. The number of carboxylic acid groups (broad SMARTS) is 1. The van der Waals surface area contributed by atoms with E-state index in [2.05, 4.69) is 5.32 Å². The molecule has 128 valence electrons. The van der Waals surface area contributed by atoms with Crippen LogP contribution >= 0.6 is 23.0 Å². The van der Waals surface area contributed by atoms with E-state index < -0.39 is 17.7 Å². The van der Waals surface area contributed by atoms with Crippen LogP contribution < -0.4 is 5.32 Å². The zero-order chi connectivity index (χ0) is 17.7. The molecule has 2 N–H and O–H groups in total. The minimum atomic E-state index is -4.34. The van der Waals surface area contributed by atoms with Gasteiger partial charge in [-0.25, -0.2) is 4.79 Å². The summed E-state index contributed by atoms with van der Waals surface area (Å²) in [6.45, 7) is 0. The molecule has 0 aliphatic heterocycles. The largest absolute Gasteiger partial charge is 0.478 e. The number of carboxylic acids is 1. The molecule has 0 heterocycles. The Bertz CT molecular complexity index is 761. The van der Waals surface area contributed by atoms with Crippen molar-refractivity contribution in [3.63, 3.8) is 0 Å². The lowest BCUT2D eigenvalue weighted by Crippen LogP contribution is -2.04. The standard InChI is InChI=1S/C16H13ClF3NO2S/c17-12-5-6-14(13(7-12)15(22)23)21-9-24-8-10-1-3-11(4-2-10)16(18,19)20/h1-7,9,21,24H,8H2,(H,22,23). The van der Waals surface area contributed by atoms with Crippen molar-refractivity contribution >= 4 is 40.1 Å². The number of alkyl halides is 3. The van der Waals surface area contributed by atoms with Crippen molar-refractivity contribution in [1.29, 1.82) is 0 Å². The van der Waals surface area contributed by atoms with Crippen molar-refractivity contribution in [3.8, 4) is 0 Å². The molecule has 0 radical (unpaired) electrons. The Morgan fingerprint density at radius 3 is 2.46 bits per heavy atom. The van der Waals surface area contributed by atoms with E-state index in [4.69, 9.17) is 16.7 Å². The number of aromatic carboxylic acids is 1. The molecule has 0 saturated heterocycles. The minimum absolute atomic E-state index is 0.0449. The predicted molar refractivity (Wildman–Crippen MR) is 92.2 cm³/mol.